The van der Waals surface area contributed by atoms with Gasteiger partial charge in [-0.25, -0.2) is 26.7 Å². The first-order valence-electron chi connectivity index (χ1n) is 10.5. The summed E-state index contributed by atoms with van der Waals surface area (Å²) >= 11 is 0. The molecule has 2 atom stereocenters. The highest BCUT2D eigenvalue weighted by Gasteiger charge is 2.61. The van der Waals surface area contributed by atoms with E-state index in [0.29, 0.717) is 12.1 Å². The molecule has 0 bridgehead atoms. The van der Waals surface area contributed by atoms with Crippen molar-refractivity contribution in [3.63, 3.8) is 0 Å². The van der Waals surface area contributed by atoms with E-state index >= 15 is 4.39 Å². The number of carbonyl (C=O) groups excluding carboxylic acids is 1. The third-order valence-corrected chi connectivity index (χ3v) is 7.10. The maximum atomic E-state index is 15.5. The van der Waals surface area contributed by atoms with Gasteiger partial charge in [-0.1, -0.05) is 30.3 Å². The van der Waals surface area contributed by atoms with Gasteiger partial charge in [0.05, 0.1) is 12.3 Å². The second-order valence-corrected chi connectivity index (χ2v) is 10.9. The molecule has 6 nitrogen and oxygen atoms in total. The van der Waals surface area contributed by atoms with Gasteiger partial charge in [0.2, 0.25) is 10.0 Å². The molecule has 2 aromatic carbocycles. The molecule has 1 saturated heterocycles. The maximum Gasteiger partial charge on any atom is 0.319 e. The van der Waals surface area contributed by atoms with E-state index in [4.69, 9.17) is 0 Å². The smallest absolute Gasteiger partial charge is 0.319 e. The van der Waals surface area contributed by atoms with Gasteiger partial charge in [0.15, 0.2) is 0 Å². The number of hydrogen-bond donors (Lipinski definition) is 1. The Morgan fingerprint density at radius 2 is 1.84 bits per heavy atom. The second kappa shape index (κ2) is 8.12. The number of urea groups is 1. The number of likely N-dealkylation sites (tertiary alicyclic amines) is 1. The minimum atomic E-state index is -3.57. The van der Waals surface area contributed by atoms with E-state index < -0.39 is 33.7 Å². The van der Waals surface area contributed by atoms with Gasteiger partial charge < -0.3 is 9.80 Å². The SMILES string of the molecule is CN(C)C(=O)N1CC2(CC2)[C@H](NS(C)(=O)=O)[C@@H]1Cc1cc(F)cc(-c2ccccc2)c1F. The normalized spacial score (nSPS) is 21.7. The van der Waals surface area contributed by atoms with Crippen LogP contribution in [0.25, 0.3) is 11.1 Å². The van der Waals surface area contributed by atoms with Crippen LogP contribution in [0.1, 0.15) is 18.4 Å². The highest BCUT2D eigenvalue weighted by atomic mass is 32.2. The number of benzene rings is 2. The third-order valence-electron chi connectivity index (χ3n) is 6.42. The first-order chi connectivity index (χ1) is 15.0. The highest BCUT2D eigenvalue weighted by molar-refractivity contribution is 7.88. The lowest BCUT2D eigenvalue weighted by atomic mass is 9.91. The van der Waals surface area contributed by atoms with Crippen molar-refractivity contribution >= 4 is 16.1 Å². The molecule has 2 aromatic rings. The average Bonchev–Trinajstić information content (AvgIpc) is 3.45. The number of halogens is 2. The van der Waals surface area contributed by atoms with Crippen molar-refractivity contribution in [1.29, 1.82) is 0 Å². The lowest BCUT2D eigenvalue weighted by Gasteiger charge is -2.31. The van der Waals surface area contributed by atoms with Crippen LogP contribution in [0.2, 0.25) is 0 Å². The van der Waals surface area contributed by atoms with Crippen LogP contribution in [-0.4, -0.2) is 63.2 Å². The summed E-state index contributed by atoms with van der Waals surface area (Å²) in [5.74, 6) is -1.15. The fourth-order valence-electron chi connectivity index (χ4n) is 4.75. The van der Waals surface area contributed by atoms with E-state index in [2.05, 4.69) is 4.72 Å². The molecule has 9 heteroatoms. The maximum absolute atomic E-state index is 15.5. The van der Waals surface area contributed by atoms with Crippen molar-refractivity contribution in [3.05, 3.63) is 59.7 Å². The minimum Gasteiger partial charge on any atom is -0.331 e. The molecule has 1 spiro atoms. The number of nitrogens with zero attached hydrogens (tertiary/aromatic N) is 2. The largest absolute Gasteiger partial charge is 0.331 e. The number of hydrogen-bond acceptors (Lipinski definition) is 3. The molecule has 172 valence electrons. The fraction of sp³-hybridized carbons (Fsp3) is 0.435. The number of amides is 2. The van der Waals surface area contributed by atoms with Gasteiger partial charge in [-0.3, -0.25) is 0 Å². The van der Waals surface area contributed by atoms with Gasteiger partial charge in [0.1, 0.15) is 11.6 Å². The molecular formula is C23H27F2N3O3S. The van der Waals surface area contributed by atoms with Crippen LogP contribution in [0.3, 0.4) is 0 Å². The summed E-state index contributed by atoms with van der Waals surface area (Å²) in [6, 6.07) is 9.49. The van der Waals surface area contributed by atoms with Crippen LogP contribution >= 0.6 is 0 Å². The Hall–Kier alpha value is -2.52. The lowest BCUT2D eigenvalue weighted by molar-refractivity contribution is 0.162. The predicted molar refractivity (Wildman–Crippen MR) is 119 cm³/mol. The van der Waals surface area contributed by atoms with Gasteiger partial charge in [0, 0.05) is 37.7 Å². The van der Waals surface area contributed by atoms with E-state index in [0.717, 1.165) is 31.2 Å². The van der Waals surface area contributed by atoms with E-state index in [1.54, 1.807) is 49.3 Å². The standard InChI is InChI=1S/C23H27F2N3O3S/c1-27(2)22(29)28-14-23(9-10-23)21(26-32(3,30)31)19(28)12-16-11-17(24)13-18(20(16)25)15-7-5-4-6-8-15/h4-8,11,13,19,21,26H,9-10,12,14H2,1-3H3/t19-,21+/m0/s1. The van der Waals surface area contributed by atoms with Gasteiger partial charge in [0.25, 0.3) is 0 Å². The Labute approximate surface area is 187 Å². The topological polar surface area (TPSA) is 69.7 Å². The van der Waals surface area contributed by atoms with Gasteiger partial charge in [-0.05, 0) is 42.5 Å². The van der Waals surface area contributed by atoms with Gasteiger partial charge in [-0.15, -0.1) is 0 Å². The summed E-state index contributed by atoms with van der Waals surface area (Å²) in [5.41, 5.74) is 0.426. The van der Waals surface area contributed by atoms with Crippen LogP contribution in [0.5, 0.6) is 0 Å². The Kier molecular flexibility index (Phi) is 5.75. The van der Waals surface area contributed by atoms with E-state index in [1.807, 2.05) is 0 Å². The first kappa shape index (κ1) is 22.7. The fourth-order valence-corrected chi connectivity index (χ4v) is 5.62. The molecule has 0 aromatic heterocycles. The second-order valence-electron chi connectivity index (χ2n) is 9.10. The molecule has 1 heterocycles. The third kappa shape index (κ3) is 4.36. The van der Waals surface area contributed by atoms with E-state index in [-0.39, 0.29) is 29.0 Å². The van der Waals surface area contributed by atoms with Crippen LogP contribution in [0.15, 0.2) is 42.5 Å². The highest BCUT2D eigenvalue weighted by Crippen LogP contribution is 2.55. The number of rotatable bonds is 5. The number of sulfonamides is 1. The lowest BCUT2D eigenvalue weighted by Crippen LogP contribution is -2.51. The van der Waals surface area contributed by atoms with Crippen LogP contribution < -0.4 is 4.72 Å². The molecular weight excluding hydrogens is 436 g/mol. The van der Waals surface area contributed by atoms with Gasteiger partial charge in [-0.2, -0.15) is 0 Å². The molecule has 1 saturated carbocycles. The van der Waals surface area contributed by atoms with E-state index in [9.17, 15) is 17.6 Å². The Balaban J connectivity index is 1.76. The summed E-state index contributed by atoms with van der Waals surface area (Å²) in [5, 5.41) is 0. The molecule has 1 N–H and O–H groups in total. The monoisotopic (exact) mass is 463 g/mol. The zero-order chi connectivity index (χ0) is 23.3. The number of carbonyl (C=O) groups is 1. The Morgan fingerprint density at radius 1 is 1.19 bits per heavy atom. The van der Waals surface area contributed by atoms with Crippen LogP contribution in [0.4, 0.5) is 13.6 Å². The van der Waals surface area contributed by atoms with Crippen molar-refractivity contribution in [2.24, 2.45) is 5.41 Å². The summed E-state index contributed by atoms with van der Waals surface area (Å²) in [4.78, 5) is 15.9. The molecule has 2 fully saturated rings. The zero-order valence-electron chi connectivity index (χ0n) is 18.3. The van der Waals surface area contributed by atoms with Crippen molar-refractivity contribution in [1.82, 2.24) is 14.5 Å². The molecule has 0 radical (unpaired) electrons. The van der Waals surface area contributed by atoms with Crippen molar-refractivity contribution in [2.45, 2.75) is 31.3 Å². The molecule has 2 aliphatic rings. The van der Waals surface area contributed by atoms with Gasteiger partial charge >= 0.3 is 6.03 Å². The average molecular weight is 464 g/mol. The van der Waals surface area contributed by atoms with Crippen LogP contribution in [0, 0.1) is 17.0 Å². The summed E-state index contributed by atoms with van der Waals surface area (Å²) in [7, 11) is -0.337. The minimum absolute atomic E-state index is 0.00204. The first-order valence-corrected chi connectivity index (χ1v) is 12.4. The molecule has 1 aliphatic carbocycles. The molecule has 2 amide bonds. The molecule has 32 heavy (non-hydrogen) atoms. The van der Waals surface area contributed by atoms with Crippen molar-refractivity contribution < 1.29 is 22.0 Å². The Morgan fingerprint density at radius 3 is 2.41 bits per heavy atom. The summed E-state index contributed by atoms with van der Waals surface area (Å²) in [6.07, 6.45) is 2.62. The zero-order valence-corrected chi connectivity index (χ0v) is 19.1. The molecule has 0 unspecified atom stereocenters. The van der Waals surface area contributed by atoms with E-state index in [1.165, 1.54) is 4.90 Å². The number of nitrogens with one attached hydrogen (secondary N) is 1. The van der Waals surface area contributed by atoms with Crippen molar-refractivity contribution in [2.75, 3.05) is 26.9 Å². The summed E-state index contributed by atoms with van der Waals surface area (Å²) in [6.45, 7) is 0.379. The Bertz CT molecular complexity index is 1130. The molecule has 1 aliphatic heterocycles. The quantitative estimate of drug-likeness (QED) is 0.740. The van der Waals surface area contributed by atoms with Crippen LogP contribution in [-0.2, 0) is 16.4 Å². The summed E-state index contributed by atoms with van der Waals surface area (Å²) < 4.78 is 57.0. The predicted octanol–water partition coefficient (Wildman–Crippen LogP) is 3.24. The van der Waals surface area contributed by atoms with Crippen molar-refractivity contribution in [3.8, 4) is 11.1 Å². The molecule has 4 rings (SSSR count).